The van der Waals surface area contributed by atoms with Crippen molar-refractivity contribution in [2.75, 3.05) is 10.7 Å². The molecule has 4 aromatic rings. The van der Waals surface area contributed by atoms with Crippen LogP contribution in [0.25, 0.3) is 0 Å². The van der Waals surface area contributed by atoms with Crippen LogP contribution in [0.5, 0.6) is 0 Å². The van der Waals surface area contributed by atoms with E-state index in [-0.39, 0.29) is 11.6 Å². The van der Waals surface area contributed by atoms with E-state index in [4.69, 9.17) is 23.2 Å². The smallest absolute Gasteiger partial charge is 0.334 e. The van der Waals surface area contributed by atoms with Crippen molar-refractivity contribution >= 4 is 52.1 Å². The number of nitro groups is 1. The summed E-state index contributed by atoms with van der Waals surface area (Å²) in [5, 5.41) is 15.4. The zero-order chi connectivity index (χ0) is 24.8. The van der Waals surface area contributed by atoms with E-state index in [9.17, 15) is 14.9 Å². The highest BCUT2D eigenvalue weighted by Gasteiger charge is 2.26. The van der Waals surface area contributed by atoms with Gasteiger partial charge in [0.25, 0.3) is 0 Å². The summed E-state index contributed by atoms with van der Waals surface area (Å²) in [5.41, 5.74) is 6.57. The Labute approximate surface area is 210 Å². The number of halogens is 2. The van der Waals surface area contributed by atoms with Crippen molar-refractivity contribution in [1.82, 2.24) is 15.4 Å². The van der Waals surface area contributed by atoms with Gasteiger partial charge in [-0.1, -0.05) is 83.9 Å². The third-order valence-corrected chi connectivity index (χ3v) is 5.40. The molecule has 9 nitrogen and oxygen atoms in total. The highest BCUT2D eigenvalue weighted by Crippen LogP contribution is 2.33. The summed E-state index contributed by atoms with van der Waals surface area (Å²) in [4.78, 5) is 32.3. The molecule has 35 heavy (non-hydrogen) atoms. The molecule has 0 fully saturated rings. The second-order valence-corrected chi connectivity index (χ2v) is 8.20. The van der Waals surface area contributed by atoms with E-state index in [1.807, 2.05) is 60.7 Å². The molecule has 11 heteroatoms. The third-order valence-electron chi connectivity index (χ3n) is 4.96. The Morgan fingerprint density at radius 2 is 1.40 bits per heavy atom. The van der Waals surface area contributed by atoms with Crippen LogP contribution >= 0.6 is 23.2 Å². The highest BCUT2D eigenvalue weighted by molar-refractivity contribution is 6.35. The molecule has 0 unspecified atom stereocenters. The summed E-state index contributed by atoms with van der Waals surface area (Å²) in [5.74, 6) is -1.39. The first-order valence-corrected chi connectivity index (χ1v) is 11.1. The SMILES string of the molecule is O=C(NNc1ncnc(Nc2cc(Cl)cc(Cl)c2)c1[N+](=O)[O-])C(c1ccccc1)c1ccccc1. The van der Waals surface area contributed by atoms with Crippen LogP contribution in [0.3, 0.4) is 0 Å². The number of hydrazine groups is 1. The molecular weight excluding hydrogens is 491 g/mol. The maximum Gasteiger partial charge on any atom is 0.355 e. The van der Waals surface area contributed by atoms with Gasteiger partial charge in [-0.15, -0.1) is 0 Å². The van der Waals surface area contributed by atoms with E-state index in [0.29, 0.717) is 15.7 Å². The van der Waals surface area contributed by atoms with Crippen molar-refractivity contribution in [2.24, 2.45) is 0 Å². The fourth-order valence-electron chi connectivity index (χ4n) is 3.48. The fraction of sp³-hybridized carbons (Fsp3) is 0.0417. The molecule has 0 aliphatic heterocycles. The molecule has 0 spiro atoms. The Kier molecular flexibility index (Phi) is 7.39. The monoisotopic (exact) mass is 508 g/mol. The normalized spacial score (nSPS) is 10.6. The largest absolute Gasteiger partial charge is 0.355 e. The minimum absolute atomic E-state index is 0.109. The van der Waals surface area contributed by atoms with Crippen molar-refractivity contribution in [3.05, 3.63) is 116 Å². The molecule has 3 aromatic carbocycles. The molecule has 4 rings (SSSR count). The zero-order valence-electron chi connectivity index (χ0n) is 18.0. The van der Waals surface area contributed by atoms with Crippen LogP contribution in [-0.4, -0.2) is 20.8 Å². The van der Waals surface area contributed by atoms with Crippen molar-refractivity contribution in [2.45, 2.75) is 5.92 Å². The Balaban J connectivity index is 1.60. The van der Waals surface area contributed by atoms with Gasteiger partial charge in [0.05, 0.1) is 10.8 Å². The van der Waals surface area contributed by atoms with E-state index in [0.717, 1.165) is 17.5 Å². The van der Waals surface area contributed by atoms with Crippen molar-refractivity contribution in [3.63, 3.8) is 0 Å². The molecule has 1 amide bonds. The minimum atomic E-state index is -0.658. The summed E-state index contributed by atoms with van der Waals surface area (Å²) in [6.45, 7) is 0. The molecule has 0 saturated carbocycles. The Morgan fingerprint density at radius 1 is 0.857 bits per heavy atom. The number of benzene rings is 3. The van der Waals surface area contributed by atoms with Gasteiger partial charge in [0.1, 0.15) is 6.33 Å². The first-order valence-electron chi connectivity index (χ1n) is 10.3. The molecular formula is C24H18Cl2N6O3. The van der Waals surface area contributed by atoms with E-state index in [1.54, 1.807) is 12.1 Å². The van der Waals surface area contributed by atoms with Gasteiger partial charge in [-0.2, -0.15) is 0 Å². The van der Waals surface area contributed by atoms with Crippen LogP contribution in [0.1, 0.15) is 17.0 Å². The van der Waals surface area contributed by atoms with Crippen LogP contribution in [0, 0.1) is 10.1 Å². The maximum absolute atomic E-state index is 13.2. The quantitative estimate of drug-likeness (QED) is 0.205. The molecule has 0 saturated heterocycles. The van der Waals surface area contributed by atoms with Crippen molar-refractivity contribution < 1.29 is 9.72 Å². The number of rotatable bonds is 8. The number of nitrogens with zero attached hydrogens (tertiary/aromatic N) is 3. The first kappa shape index (κ1) is 23.9. The molecule has 0 aliphatic carbocycles. The van der Waals surface area contributed by atoms with Gasteiger partial charge in [-0.05, 0) is 29.3 Å². The van der Waals surface area contributed by atoms with E-state index >= 15 is 0 Å². The van der Waals surface area contributed by atoms with E-state index in [1.165, 1.54) is 6.07 Å². The number of hydrogen-bond acceptors (Lipinski definition) is 7. The summed E-state index contributed by atoms with van der Waals surface area (Å²) < 4.78 is 0. The van der Waals surface area contributed by atoms with E-state index in [2.05, 4.69) is 26.1 Å². The molecule has 0 bridgehead atoms. The van der Waals surface area contributed by atoms with Crippen LogP contribution in [0.2, 0.25) is 10.0 Å². The van der Waals surface area contributed by atoms with Crippen molar-refractivity contribution in [1.29, 1.82) is 0 Å². The summed E-state index contributed by atoms with van der Waals surface area (Å²) >= 11 is 12.0. The van der Waals surface area contributed by atoms with Gasteiger partial charge < -0.3 is 5.32 Å². The molecule has 3 N–H and O–H groups in total. The average molecular weight is 509 g/mol. The van der Waals surface area contributed by atoms with Gasteiger partial charge in [-0.25, -0.2) is 9.97 Å². The van der Waals surface area contributed by atoms with Crippen LogP contribution < -0.4 is 16.2 Å². The first-order chi connectivity index (χ1) is 16.9. The Hall–Kier alpha value is -4.21. The predicted molar refractivity (Wildman–Crippen MR) is 135 cm³/mol. The van der Waals surface area contributed by atoms with Crippen LogP contribution in [0.15, 0.2) is 85.2 Å². The molecule has 1 aromatic heterocycles. The van der Waals surface area contributed by atoms with Crippen LogP contribution in [-0.2, 0) is 4.79 Å². The third kappa shape index (κ3) is 5.84. The number of anilines is 3. The van der Waals surface area contributed by atoms with Crippen LogP contribution in [0.4, 0.5) is 23.0 Å². The number of aromatic nitrogens is 2. The number of nitrogens with one attached hydrogen (secondary N) is 3. The summed E-state index contributed by atoms with van der Waals surface area (Å²) in [6.07, 6.45) is 1.13. The Morgan fingerprint density at radius 3 is 1.94 bits per heavy atom. The Bertz CT molecular complexity index is 1300. The van der Waals surface area contributed by atoms with Gasteiger partial charge in [-0.3, -0.25) is 25.8 Å². The molecule has 176 valence electrons. The van der Waals surface area contributed by atoms with Gasteiger partial charge in [0, 0.05) is 15.7 Å². The van der Waals surface area contributed by atoms with Gasteiger partial charge >= 0.3 is 5.69 Å². The van der Waals surface area contributed by atoms with Crippen molar-refractivity contribution in [3.8, 4) is 0 Å². The molecule has 0 atom stereocenters. The fourth-order valence-corrected chi connectivity index (χ4v) is 4.00. The summed E-state index contributed by atoms with van der Waals surface area (Å²) in [7, 11) is 0. The number of amides is 1. The zero-order valence-corrected chi connectivity index (χ0v) is 19.5. The number of hydrogen-bond donors (Lipinski definition) is 3. The second-order valence-electron chi connectivity index (χ2n) is 7.33. The average Bonchev–Trinajstić information content (AvgIpc) is 2.83. The van der Waals surface area contributed by atoms with E-state index < -0.39 is 22.4 Å². The summed E-state index contributed by atoms with van der Waals surface area (Å²) in [6, 6.07) is 23.0. The number of carbonyl (C=O) groups excluding carboxylic acids is 1. The molecule has 0 aliphatic rings. The lowest BCUT2D eigenvalue weighted by Crippen LogP contribution is -2.35. The predicted octanol–water partition coefficient (Wildman–Crippen LogP) is 5.71. The maximum atomic E-state index is 13.2. The lowest BCUT2D eigenvalue weighted by molar-refractivity contribution is -0.383. The number of carbonyl (C=O) groups is 1. The van der Waals surface area contributed by atoms with Gasteiger partial charge in [0.2, 0.25) is 17.5 Å². The molecule has 0 radical (unpaired) electrons. The topological polar surface area (TPSA) is 122 Å². The lowest BCUT2D eigenvalue weighted by Gasteiger charge is -2.18. The standard InChI is InChI=1S/C24H18Cl2N6O3/c25-17-11-18(26)13-19(12-17)29-22-21(32(34)35)23(28-14-27-22)30-31-24(33)20(15-7-3-1-4-8-15)16-9-5-2-6-10-16/h1-14,20H,(H,31,33)(H2,27,28,29,30). The molecule has 1 heterocycles. The van der Waals surface area contributed by atoms with Gasteiger partial charge in [0.15, 0.2) is 0 Å². The minimum Gasteiger partial charge on any atom is -0.334 e. The second kappa shape index (κ2) is 10.8. The highest BCUT2D eigenvalue weighted by atomic mass is 35.5. The lowest BCUT2D eigenvalue weighted by atomic mass is 9.91.